The number of amides is 2. The van der Waals surface area contributed by atoms with E-state index in [-0.39, 0.29) is 30.3 Å². The fourth-order valence-electron chi connectivity index (χ4n) is 3.09. The zero-order chi connectivity index (χ0) is 21.2. The third-order valence-corrected chi connectivity index (χ3v) is 5.36. The van der Waals surface area contributed by atoms with Crippen LogP contribution in [0.5, 0.6) is 5.75 Å². The van der Waals surface area contributed by atoms with Crippen LogP contribution in [-0.2, 0) is 11.3 Å². The lowest BCUT2D eigenvalue weighted by molar-refractivity contribution is -0.0245. The van der Waals surface area contributed by atoms with Gasteiger partial charge >= 0.3 is 6.09 Å². The van der Waals surface area contributed by atoms with Crippen LogP contribution < -0.4 is 9.86 Å². The minimum absolute atomic E-state index is 0.00352. The molecule has 7 heteroatoms. The average Bonchev–Trinajstić information content (AvgIpc) is 2.73. The normalized spacial score (nSPS) is 19.9. The van der Waals surface area contributed by atoms with Crippen molar-refractivity contribution in [2.75, 3.05) is 18.8 Å². The Morgan fingerprint density at radius 2 is 1.79 bits per heavy atom. The lowest BCUT2D eigenvalue weighted by Gasteiger charge is -2.35. The van der Waals surface area contributed by atoms with Crippen LogP contribution in [0.2, 0.25) is 0 Å². The van der Waals surface area contributed by atoms with Gasteiger partial charge in [-0.1, -0.05) is 42.6 Å². The van der Waals surface area contributed by atoms with Crippen LogP contribution in [0.15, 0.2) is 48.5 Å². The lowest BCUT2D eigenvalue weighted by atomic mass is 9.92. The predicted octanol–water partition coefficient (Wildman–Crippen LogP) is 4.59. The molecule has 1 atom stereocenters. The Hall–Kier alpha value is -3.09. The van der Waals surface area contributed by atoms with Gasteiger partial charge in [0, 0.05) is 0 Å². The molecule has 0 saturated heterocycles. The number of halogens is 1. The van der Waals surface area contributed by atoms with Gasteiger partial charge < -0.3 is 9.47 Å². The number of para-hydroxylation sites is 1. The number of methoxy groups -OCH3 is 1. The number of carbonyl (C=O) groups excluding carboxylic acids is 2. The fourth-order valence-corrected chi connectivity index (χ4v) is 3.09. The number of ether oxygens (including phenoxy) is 2. The first-order chi connectivity index (χ1) is 13.7. The lowest BCUT2D eigenvalue weighted by Crippen LogP contribution is -2.48. The Morgan fingerprint density at radius 1 is 1.14 bits per heavy atom. The smallest absolute Gasteiger partial charge is 0.417 e. The molecule has 3 rings (SSSR count). The Morgan fingerprint density at radius 3 is 2.41 bits per heavy atom. The second-order valence-electron chi connectivity index (χ2n) is 7.61. The van der Waals surface area contributed by atoms with E-state index in [2.05, 4.69) is 0 Å². The summed E-state index contributed by atoms with van der Waals surface area (Å²) in [7, 11) is 1.56. The Balaban J connectivity index is 2.04. The van der Waals surface area contributed by atoms with E-state index in [0.717, 1.165) is 10.5 Å². The van der Waals surface area contributed by atoms with Gasteiger partial charge in [-0.25, -0.2) is 14.8 Å². The predicted molar refractivity (Wildman–Crippen MR) is 107 cm³/mol. The summed E-state index contributed by atoms with van der Waals surface area (Å²) in [6.45, 7) is 5.18. The maximum atomic E-state index is 15.0. The third-order valence-electron chi connectivity index (χ3n) is 5.36. The first kappa shape index (κ1) is 20.6. The van der Waals surface area contributed by atoms with Gasteiger partial charge in [0.05, 0.1) is 31.5 Å². The molecule has 0 fully saturated rings. The van der Waals surface area contributed by atoms with Crippen LogP contribution in [0.25, 0.3) is 0 Å². The van der Waals surface area contributed by atoms with Crippen LogP contribution in [-0.4, -0.2) is 36.2 Å². The van der Waals surface area contributed by atoms with Crippen molar-refractivity contribution in [1.29, 1.82) is 0 Å². The van der Waals surface area contributed by atoms with E-state index >= 15 is 4.48 Å². The van der Waals surface area contributed by atoms with Crippen LogP contribution in [0.3, 0.4) is 0 Å². The maximum absolute atomic E-state index is 15.0. The molecule has 1 aliphatic heterocycles. The number of nitrogens with zero attached hydrogens (tertiary/aromatic N) is 2. The highest BCUT2D eigenvalue weighted by atomic mass is 19.2. The number of hydrogen-bond donors (Lipinski definition) is 0. The minimum Gasteiger partial charge on any atom is -0.497 e. The number of hydrogen-bond acceptors (Lipinski definition) is 5. The third kappa shape index (κ3) is 4.18. The summed E-state index contributed by atoms with van der Waals surface area (Å²) in [5.74, 6) is -0.122. The summed E-state index contributed by atoms with van der Waals surface area (Å²) >= 11 is 0. The molecule has 2 aromatic carbocycles. The number of carbonyl (C=O) groups is 2. The summed E-state index contributed by atoms with van der Waals surface area (Å²) in [6.07, 6.45) is -0.799. The number of imide groups is 1. The quantitative estimate of drug-likeness (QED) is 0.703. The van der Waals surface area contributed by atoms with Crippen LogP contribution in [0, 0.1) is 5.92 Å². The molecule has 0 N–H and O–H groups in total. The van der Waals surface area contributed by atoms with Crippen LogP contribution >= 0.6 is 0 Å². The van der Waals surface area contributed by atoms with Crippen molar-refractivity contribution in [2.24, 2.45) is 5.92 Å². The van der Waals surface area contributed by atoms with E-state index in [0.29, 0.717) is 10.9 Å². The van der Waals surface area contributed by atoms with Crippen molar-refractivity contribution < 1.29 is 23.5 Å². The molecular weight excluding hydrogens is 375 g/mol. The van der Waals surface area contributed by atoms with Gasteiger partial charge in [-0.2, -0.15) is 0 Å². The summed E-state index contributed by atoms with van der Waals surface area (Å²) in [5.41, 5.74) is -0.186. The molecule has 1 unspecified atom stereocenters. The zero-order valence-corrected chi connectivity index (χ0v) is 17.0. The van der Waals surface area contributed by atoms with Gasteiger partial charge in [-0.3, -0.25) is 4.79 Å². The molecule has 0 saturated carbocycles. The van der Waals surface area contributed by atoms with Crippen molar-refractivity contribution in [3.63, 3.8) is 0 Å². The second-order valence-corrected chi connectivity index (χ2v) is 7.61. The van der Waals surface area contributed by atoms with E-state index in [1.807, 2.05) is 13.8 Å². The summed E-state index contributed by atoms with van der Waals surface area (Å²) in [6, 6.07) is 13.3. The van der Waals surface area contributed by atoms with Gasteiger partial charge in [-0.15, -0.1) is 0 Å². The van der Waals surface area contributed by atoms with E-state index in [4.69, 9.17) is 9.47 Å². The van der Waals surface area contributed by atoms with Gasteiger partial charge in [0.25, 0.3) is 5.91 Å². The molecule has 0 aliphatic carbocycles. The van der Waals surface area contributed by atoms with Crippen molar-refractivity contribution in [3.05, 3.63) is 59.7 Å². The van der Waals surface area contributed by atoms with Crippen molar-refractivity contribution >= 4 is 17.7 Å². The Bertz CT molecular complexity index is 900. The molecule has 29 heavy (non-hydrogen) atoms. The standard InChI is InChI=1S/C22H25FN2O4/c1-15(2)22(3)14-25(23)19-8-6-5-7-18(19)20(26)24(21(27)29-22)13-16-9-11-17(28-4)12-10-16/h5-12,15H,13-14H2,1-4H3. The SMILES string of the molecule is COc1ccc(CN2C(=O)OC(C)(C(C)C)CN(F)c3ccccc3C2=O)cc1. The molecule has 154 valence electrons. The van der Waals surface area contributed by atoms with Gasteiger partial charge in [-0.05, 0) is 42.7 Å². The maximum Gasteiger partial charge on any atom is 0.417 e. The second kappa shape index (κ2) is 8.11. The first-order valence-electron chi connectivity index (χ1n) is 9.45. The van der Waals surface area contributed by atoms with Crippen molar-refractivity contribution in [2.45, 2.75) is 32.9 Å². The number of cyclic esters (lactones) is 1. The highest BCUT2D eigenvalue weighted by molar-refractivity contribution is 6.06. The highest BCUT2D eigenvalue weighted by Gasteiger charge is 2.41. The molecule has 2 amide bonds. The Labute approximate surface area is 169 Å². The van der Waals surface area contributed by atoms with Gasteiger partial charge in [0.15, 0.2) is 0 Å². The molecule has 1 aliphatic rings. The zero-order valence-electron chi connectivity index (χ0n) is 17.0. The minimum atomic E-state index is -1.12. The van der Waals surface area contributed by atoms with E-state index in [1.54, 1.807) is 50.4 Å². The molecule has 0 aromatic heterocycles. The first-order valence-corrected chi connectivity index (χ1v) is 9.45. The van der Waals surface area contributed by atoms with Crippen molar-refractivity contribution in [1.82, 2.24) is 4.90 Å². The summed E-state index contributed by atoms with van der Waals surface area (Å²) in [4.78, 5) is 27.2. The highest BCUT2D eigenvalue weighted by Crippen LogP contribution is 2.32. The summed E-state index contributed by atoms with van der Waals surface area (Å²) in [5, 5.41) is 0.484. The average molecular weight is 400 g/mol. The number of anilines is 1. The summed E-state index contributed by atoms with van der Waals surface area (Å²) < 4.78 is 25.9. The largest absolute Gasteiger partial charge is 0.497 e. The monoisotopic (exact) mass is 400 g/mol. The molecule has 0 spiro atoms. The van der Waals surface area contributed by atoms with Crippen LogP contribution in [0.4, 0.5) is 15.0 Å². The molecule has 2 aromatic rings. The van der Waals surface area contributed by atoms with E-state index in [1.165, 1.54) is 12.1 Å². The van der Waals surface area contributed by atoms with E-state index in [9.17, 15) is 9.59 Å². The van der Waals surface area contributed by atoms with Crippen LogP contribution in [0.1, 0.15) is 36.7 Å². The molecule has 6 nitrogen and oxygen atoms in total. The topological polar surface area (TPSA) is 59.1 Å². The molecule has 1 heterocycles. The molecule has 0 bridgehead atoms. The molecular formula is C22H25FN2O4. The van der Waals surface area contributed by atoms with Gasteiger partial charge in [0.2, 0.25) is 0 Å². The number of benzene rings is 2. The molecule has 0 radical (unpaired) electrons. The van der Waals surface area contributed by atoms with Gasteiger partial charge in [0.1, 0.15) is 11.4 Å². The number of rotatable bonds is 4. The number of fused-ring (bicyclic) bond motifs is 1. The van der Waals surface area contributed by atoms with E-state index < -0.39 is 17.6 Å². The van der Waals surface area contributed by atoms with Crippen molar-refractivity contribution in [3.8, 4) is 5.75 Å². The Kier molecular flexibility index (Phi) is 5.77. The fraction of sp³-hybridized carbons (Fsp3) is 0.364.